The van der Waals surface area contributed by atoms with Crippen LogP contribution >= 0.6 is 0 Å². The van der Waals surface area contributed by atoms with E-state index in [1.807, 2.05) is 13.8 Å². The number of ketones is 1. The highest BCUT2D eigenvalue weighted by molar-refractivity contribution is 5.88. The second kappa shape index (κ2) is 7.04. The van der Waals surface area contributed by atoms with Crippen molar-refractivity contribution >= 4 is 11.7 Å². The molecule has 1 aliphatic heterocycles. The van der Waals surface area contributed by atoms with Crippen molar-refractivity contribution in [1.82, 2.24) is 10.2 Å². The monoisotopic (exact) mass is 268 g/mol. The molecule has 0 spiro atoms. The largest absolute Gasteiger partial charge is 0.345 e. The van der Waals surface area contributed by atoms with Crippen LogP contribution < -0.4 is 5.32 Å². The Morgan fingerprint density at radius 3 is 2.42 bits per heavy atom. The summed E-state index contributed by atoms with van der Waals surface area (Å²) in [6.45, 7) is 11.3. The molecule has 1 N–H and O–H groups in total. The maximum atomic E-state index is 12.1. The number of amides is 1. The van der Waals surface area contributed by atoms with Gasteiger partial charge in [0.2, 0.25) is 5.91 Å². The molecule has 1 saturated heterocycles. The van der Waals surface area contributed by atoms with E-state index in [9.17, 15) is 9.59 Å². The number of nitrogens with one attached hydrogen (secondary N) is 1. The first kappa shape index (κ1) is 16.2. The summed E-state index contributed by atoms with van der Waals surface area (Å²) in [6.07, 6.45) is 2.30. The lowest BCUT2D eigenvalue weighted by atomic mass is 9.93. The van der Waals surface area contributed by atoms with E-state index in [1.165, 1.54) is 6.92 Å². The molecule has 3 unspecified atom stereocenters. The lowest BCUT2D eigenvalue weighted by Crippen LogP contribution is -2.50. The zero-order valence-corrected chi connectivity index (χ0v) is 12.9. The first-order chi connectivity index (χ1) is 8.81. The minimum atomic E-state index is -0.355. The summed E-state index contributed by atoms with van der Waals surface area (Å²) < 4.78 is 0. The van der Waals surface area contributed by atoms with Gasteiger partial charge in [-0.2, -0.15) is 0 Å². The third-order valence-electron chi connectivity index (χ3n) is 4.04. The summed E-state index contributed by atoms with van der Waals surface area (Å²) in [5, 5.41) is 2.86. The summed E-state index contributed by atoms with van der Waals surface area (Å²) in [6, 6.07) is 0.0934. The van der Waals surface area contributed by atoms with Gasteiger partial charge in [0.15, 0.2) is 5.78 Å². The summed E-state index contributed by atoms with van der Waals surface area (Å²) in [5.41, 5.74) is 0. The van der Waals surface area contributed by atoms with Crippen molar-refractivity contribution in [2.75, 3.05) is 13.1 Å². The van der Waals surface area contributed by atoms with Crippen molar-refractivity contribution in [2.24, 2.45) is 11.8 Å². The highest BCUT2D eigenvalue weighted by Crippen LogP contribution is 2.21. The van der Waals surface area contributed by atoms with Crippen LogP contribution in [0.2, 0.25) is 0 Å². The van der Waals surface area contributed by atoms with Crippen LogP contribution in [0.4, 0.5) is 0 Å². The minimum absolute atomic E-state index is 0.0312. The van der Waals surface area contributed by atoms with Gasteiger partial charge in [-0.3, -0.25) is 14.5 Å². The molecule has 4 heteroatoms. The van der Waals surface area contributed by atoms with E-state index in [4.69, 9.17) is 0 Å². The molecule has 1 heterocycles. The fraction of sp³-hybridized carbons (Fsp3) is 0.867. The number of carbonyl (C=O) groups is 2. The van der Waals surface area contributed by atoms with Crippen molar-refractivity contribution in [1.29, 1.82) is 0 Å². The smallest absolute Gasteiger partial charge is 0.234 e. The molecule has 3 atom stereocenters. The second-order valence-corrected chi connectivity index (χ2v) is 6.35. The predicted octanol–water partition coefficient (Wildman–Crippen LogP) is 1.84. The number of nitrogens with zero attached hydrogens (tertiary/aromatic N) is 1. The molecular weight excluding hydrogens is 240 g/mol. The highest BCUT2D eigenvalue weighted by atomic mass is 16.2. The van der Waals surface area contributed by atoms with Gasteiger partial charge in [0.05, 0.1) is 12.6 Å². The van der Waals surface area contributed by atoms with Crippen LogP contribution in [-0.4, -0.2) is 41.8 Å². The molecule has 19 heavy (non-hydrogen) atoms. The van der Waals surface area contributed by atoms with Crippen molar-refractivity contribution < 1.29 is 9.59 Å². The number of rotatable bonds is 5. The third-order valence-corrected chi connectivity index (χ3v) is 4.04. The zero-order chi connectivity index (χ0) is 14.6. The number of carbonyl (C=O) groups excluding carboxylic acids is 2. The van der Waals surface area contributed by atoms with Crippen molar-refractivity contribution in [3.05, 3.63) is 0 Å². The Morgan fingerprint density at radius 2 is 1.95 bits per heavy atom. The summed E-state index contributed by atoms with van der Waals surface area (Å²) >= 11 is 0. The lowest BCUT2D eigenvalue weighted by Gasteiger charge is -2.36. The molecular formula is C15H28N2O2. The maximum absolute atomic E-state index is 12.1. The Labute approximate surface area is 116 Å². The van der Waals surface area contributed by atoms with Gasteiger partial charge in [0.25, 0.3) is 0 Å². The van der Waals surface area contributed by atoms with Crippen molar-refractivity contribution in [2.45, 2.75) is 59.5 Å². The lowest BCUT2D eigenvalue weighted by molar-refractivity contribution is -0.129. The predicted molar refractivity (Wildman–Crippen MR) is 76.9 cm³/mol. The molecule has 0 bridgehead atoms. The molecule has 1 fully saturated rings. The van der Waals surface area contributed by atoms with Gasteiger partial charge in [-0.05, 0) is 45.1 Å². The van der Waals surface area contributed by atoms with Crippen LogP contribution in [0.3, 0.4) is 0 Å². The number of Topliss-reactive ketones (excluding diaryl/α,β-unsaturated/α-hetero) is 1. The molecule has 0 radical (unpaired) electrons. The number of hydrogen-bond acceptors (Lipinski definition) is 3. The van der Waals surface area contributed by atoms with Gasteiger partial charge in [0, 0.05) is 6.04 Å². The van der Waals surface area contributed by atoms with Crippen LogP contribution in [-0.2, 0) is 9.59 Å². The molecule has 0 aliphatic carbocycles. The Bertz CT molecular complexity index is 328. The van der Waals surface area contributed by atoms with E-state index in [-0.39, 0.29) is 23.7 Å². The zero-order valence-electron chi connectivity index (χ0n) is 12.9. The van der Waals surface area contributed by atoms with Crippen LogP contribution in [0.25, 0.3) is 0 Å². The first-order valence-corrected chi connectivity index (χ1v) is 7.35. The molecule has 4 nitrogen and oxygen atoms in total. The molecule has 0 aromatic carbocycles. The Hall–Kier alpha value is -0.900. The van der Waals surface area contributed by atoms with Gasteiger partial charge >= 0.3 is 0 Å². The van der Waals surface area contributed by atoms with E-state index in [1.54, 1.807) is 0 Å². The normalized spacial score (nSPS) is 26.2. The van der Waals surface area contributed by atoms with Gasteiger partial charge in [-0.15, -0.1) is 0 Å². The molecule has 1 rings (SSSR count). The number of hydrogen-bond donors (Lipinski definition) is 1. The summed E-state index contributed by atoms with van der Waals surface area (Å²) in [7, 11) is 0. The minimum Gasteiger partial charge on any atom is -0.345 e. The number of likely N-dealkylation sites (tertiary alicyclic amines) is 1. The average molecular weight is 268 g/mol. The van der Waals surface area contributed by atoms with Gasteiger partial charge < -0.3 is 5.32 Å². The molecule has 0 saturated carbocycles. The first-order valence-electron chi connectivity index (χ1n) is 7.35. The molecule has 1 aliphatic rings. The van der Waals surface area contributed by atoms with E-state index in [2.05, 4.69) is 24.1 Å². The fourth-order valence-corrected chi connectivity index (χ4v) is 2.83. The topological polar surface area (TPSA) is 49.4 Å². The molecule has 1 amide bonds. The fourth-order valence-electron chi connectivity index (χ4n) is 2.83. The standard InChI is InChI=1S/C15H28N2O2/c1-10(2)15(13(5)18)16-14(19)9-17-7-6-11(3)8-12(17)4/h10-12,15H,6-9H2,1-5H3,(H,16,19). The average Bonchev–Trinajstić information content (AvgIpc) is 2.29. The van der Waals surface area contributed by atoms with Gasteiger partial charge in [-0.1, -0.05) is 20.8 Å². The Morgan fingerprint density at radius 1 is 1.32 bits per heavy atom. The number of piperidine rings is 1. The van der Waals surface area contributed by atoms with Crippen LogP contribution in [0, 0.1) is 11.8 Å². The summed E-state index contributed by atoms with van der Waals surface area (Å²) in [5.74, 6) is 0.883. The van der Waals surface area contributed by atoms with Crippen LogP contribution in [0.5, 0.6) is 0 Å². The molecule has 110 valence electrons. The highest BCUT2D eigenvalue weighted by Gasteiger charge is 2.26. The van der Waals surface area contributed by atoms with Crippen LogP contribution in [0.15, 0.2) is 0 Å². The van der Waals surface area contributed by atoms with E-state index >= 15 is 0 Å². The van der Waals surface area contributed by atoms with Crippen molar-refractivity contribution in [3.8, 4) is 0 Å². The quantitative estimate of drug-likeness (QED) is 0.827. The van der Waals surface area contributed by atoms with E-state index in [0.717, 1.165) is 25.3 Å². The second-order valence-electron chi connectivity index (χ2n) is 6.35. The Balaban J connectivity index is 2.48. The molecule has 0 aromatic rings. The van der Waals surface area contributed by atoms with Crippen LogP contribution in [0.1, 0.15) is 47.5 Å². The van der Waals surface area contributed by atoms with E-state index < -0.39 is 0 Å². The maximum Gasteiger partial charge on any atom is 0.234 e. The third kappa shape index (κ3) is 4.94. The van der Waals surface area contributed by atoms with Gasteiger partial charge in [-0.25, -0.2) is 0 Å². The van der Waals surface area contributed by atoms with E-state index in [0.29, 0.717) is 12.6 Å². The SMILES string of the molecule is CC(=O)C(NC(=O)CN1CCC(C)CC1C)C(C)C. The van der Waals surface area contributed by atoms with Crippen molar-refractivity contribution in [3.63, 3.8) is 0 Å². The molecule has 0 aromatic heterocycles. The Kier molecular flexibility index (Phi) is 5.98. The summed E-state index contributed by atoms with van der Waals surface area (Å²) in [4.78, 5) is 25.8. The van der Waals surface area contributed by atoms with Gasteiger partial charge in [0.1, 0.15) is 0 Å².